The minimum atomic E-state index is -2.30. The molecular weight excluding hydrogens is 186 g/mol. The van der Waals surface area contributed by atoms with Crippen LogP contribution in [0.2, 0.25) is 0 Å². The van der Waals surface area contributed by atoms with Crippen LogP contribution in [-0.2, 0) is 4.74 Å². The van der Waals surface area contributed by atoms with E-state index in [1.54, 1.807) is 6.20 Å². The number of nitrogens with zero attached hydrogens (tertiary/aromatic N) is 1. The van der Waals surface area contributed by atoms with Crippen LogP contribution < -0.4 is 0 Å². The Morgan fingerprint density at radius 2 is 1.86 bits per heavy atom. The Hall–Kier alpha value is -0.620. The number of rotatable bonds is 7. The van der Waals surface area contributed by atoms with Crippen LogP contribution in [-0.4, -0.2) is 52.5 Å². The van der Waals surface area contributed by atoms with Gasteiger partial charge in [0, 0.05) is 25.4 Å². The van der Waals surface area contributed by atoms with Crippen LogP contribution in [0.25, 0.3) is 0 Å². The van der Waals surface area contributed by atoms with Gasteiger partial charge in [-0.2, -0.15) is 0 Å². The first kappa shape index (κ1) is 13.4. The molecule has 0 aliphatic carbocycles. The first-order chi connectivity index (χ1) is 6.55. The van der Waals surface area contributed by atoms with Crippen LogP contribution in [0.3, 0.4) is 0 Å². The highest BCUT2D eigenvalue weighted by molar-refractivity contribution is 4.88. The van der Waals surface area contributed by atoms with Crippen molar-refractivity contribution in [2.45, 2.75) is 19.8 Å². The van der Waals surface area contributed by atoms with E-state index in [0.717, 1.165) is 19.2 Å². The van der Waals surface area contributed by atoms with E-state index < -0.39 is 5.97 Å². The average Bonchev–Trinajstić information content (AvgIpc) is 2.16. The van der Waals surface area contributed by atoms with Crippen molar-refractivity contribution in [3.8, 4) is 0 Å². The van der Waals surface area contributed by atoms with E-state index in [4.69, 9.17) is 5.11 Å². The Balaban J connectivity index is 4.04. The van der Waals surface area contributed by atoms with Crippen molar-refractivity contribution in [3.63, 3.8) is 0 Å². The van der Waals surface area contributed by atoms with Gasteiger partial charge in [0.05, 0.1) is 13.2 Å². The van der Waals surface area contributed by atoms with Crippen molar-refractivity contribution in [2.24, 2.45) is 0 Å². The molecule has 0 saturated carbocycles. The summed E-state index contributed by atoms with van der Waals surface area (Å²) in [4.78, 5) is 1.88. The highest BCUT2D eigenvalue weighted by Crippen LogP contribution is 2.04. The number of aliphatic hydroxyl groups excluding tert-OH is 1. The number of aliphatic hydroxyl groups is 3. The monoisotopic (exact) mass is 205 g/mol. The zero-order valence-corrected chi connectivity index (χ0v) is 8.68. The molecule has 3 N–H and O–H groups in total. The summed E-state index contributed by atoms with van der Waals surface area (Å²) in [5.74, 6) is -2.30. The predicted molar refractivity (Wildman–Crippen MR) is 52.3 cm³/mol. The SMILES string of the molecule is CCN(C=CC(O)(O)OCCO)CC. The second kappa shape index (κ2) is 6.78. The van der Waals surface area contributed by atoms with Crippen molar-refractivity contribution in [1.29, 1.82) is 0 Å². The molecule has 84 valence electrons. The first-order valence-electron chi connectivity index (χ1n) is 4.68. The lowest BCUT2D eigenvalue weighted by atomic mass is 10.4. The molecule has 0 aliphatic heterocycles. The molecular formula is C9H19NO4. The van der Waals surface area contributed by atoms with Crippen molar-refractivity contribution < 1.29 is 20.1 Å². The molecule has 0 saturated heterocycles. The van der Waals surface area contributed by atoms with E-state index >= 15 is 0 Å². The molecule has 0 amide bonds. The van der Waals surface area contributed by atoms with E-state index in [1.807, 2.05) is 18.7 Å². The summed E-state index contributed by atoms with van der Waals surface area (Å²) in [6.45, 7) is 5.11. The first-order valence-corrected chi connectivity index (χ1v) is 4.68. The fraction of sp³-hybridized carbons (Fsp3) is 0.778. The van der Waals surface area contributed by atoms with E-state index in [9.17, 15) is 10.2 Å². The van der Waals surface area contributed by atoms with E-state index in [-0.39, 0.29) is 13.2 Å². The summed E-state index contributed by atoms with van der Waals surface area (Å²) in [7, 11) is 0. The van der Waals surface area contributed by atoms with Crippen LogP contribution in [0.5, 0.6) is 0 Å². The molecule has 0 unspecified atom stereocenters. The third-order valence-electron chi connectivity index (χ3n) is 1.72. The normalized spacial score (nSPS) is 12.4. The summed E-state index contributed by atoms with van der Waals surface area (Å²) in [5.41, 5.74) is 0. The second-order valence-corrected chi connectivity index (χ2v) is 2.77. The van der Waals surface area contributed by atoms with Crippen molar-refractivity contribution in [1.82, 2.24) is 4.90 Å². The van der Waals surface area contributed by atoms with Gasteiger partial charge in [0.1, 0.15) is 0 Å². The van der Waals surface area contributed by atoms with Gasteiger partial charge in [0.25, 0.3) is 0 Å². The van der Waals surface area contributed by atoms with Gasteiger partial charge in [0.2, 0.25) is 0 Å². The zero-order valence-electron chi connectivity index (χ0n) is 8.68. The van der Waals surface area contributed by atoms with Crippen LogP contribution in [0.1, 0.15) is 13.8 Å². The topological polar surface area (TPSA) is 73.2 Å². The molecule has 0 bridgehead atoms. The minimum absolute atomic E-state index is 0.115. The van der Waals surface area contributed by atoms with Crippen LogP contribution in [0.4, 0.5) is 0 Å². The van der Waals surface area contributed by atoms with Crippen molar-refractivity contribution in [3.05, 3.63) is 12.3 Å². The van der Waals surface area contributed by atoms with Crippen LogP contribution in [0.15, 0.2) is 12.3 Å². The maximum atomic E-state index is 9.19. The van der Waals surface area contributed by atoms with Crippen molar-refractivity contribution >= 4 is 0 Å². The summed E-state index contributed by atoms with van der Waals surface area (Å²) in [6, 6.07) is 0. The molecule has 0 atom stereocenters. The van der Waals surface area contributed by atoms with Gasteiger partial charge < -0.3 is 25.0 Å². The van der Waals surface area contributed by atoms with Gasteiger partial charge in [-0.15, -0.1) is 0 Å². The van der Waals surface area contributed by atoms with Gasteiger partial charge >= 0.3 is 5.97 Å². The van der Waals surface area contributed by atoms with Crippen LogP contribution >= 0.6 is 0 Å². The Morgan fingerprint density at radius 3 is 2.29 bits per heavy atom. The lowest BCUT2D eigenvalue weighted by Gasteiger charge is -2.20. The summed E-state index contributed by atoms with van der Waals surface area (Å²) < 4.78 is 4.57. The van der Waals surface area contributed by atoms with Gasteiger partial charge in [-0.1, -0.05) is 0 Å². The molecule has 0 radical (unpaired) electrons. The minimum Gasteiger partial charge on any atom is -0.394 e. The fourth-order valence-corrected chi connectivity index (χ4v) is 0.881. The molecule has 14 heavy (non-hydrogen) atoms. The smallest absolute Gasteiger partial charge is 0.301 e. The molecule has 0 aromatic heterocycles. The molecule has 0 heterocycles. The maximum Gasteiger partial charge on any atom is 0.301 e. The molecule has 0 fully saturated rings. The Bertz CT molecular complexity index is 166. The molecule has 5 heteroatoms. The van der Waals surface area contributed by atoms with Gasteiger partial charge in [0.15, 0.2) is 0 Å². The average molecular weight is 205 g/mol. The third-order valence-corrected chi connectivity index (χ3v) is 1.72. The molecule has 0 aliphatic rings. The quantitative estimate of drug-likeness (QED) is 0.488. The van der Waals surface area contributed by atoms with E-state index in [2.05, 4.69) is 4.74 Å². The van der Waals surface area contributed by atoms with Crippen molar-refractivity contribution in [2.75, 3.05) is 26.3 Å². The summed E-state index contributed by atoms with van der Waals surface area (Å²) in [5, 5.41) is 26.8. The number of hydrogen-bond acceptors (Lipinski definition) is 5. The highest BCUT2D eigenvalue weighted by Gasteiger charge is 2.19. The second-order valence-electron chi connectivity index (χ2n) is 2.77. The number of ether oxygens (including phenoxy) is 1. The predicted octanol–water partition coefficient (Wildman–Crippen LogP) is -0.511. The fourth-order valence-electron chi connectivity index (χ4n) is 0.881. The van der Waals surface area contributed by atoms with Gasteiger partial charge in [-0.3, -0.25) is 0 Å². The Labute approximate surface area is 84.2 Å². The van der Waals surface area contributed by atoms with E-state index in [0.29, 0.717) is 0 Å². The maximum absolute atomic E-state index is 9.19. The zero-order chi connectivity index (χ0) is 11.0. The largest absolute Gasteiger partial charge is 0.394 e. The molecule has 5 nitrogen and oxygen atoms in total. The third kappa shape index (κ3) is 5.93. The Kier molecular flexibility index (Phi) is 6.48. The highest BCUT2D eigenvalue weighted by atomic mass is 16.8. The van der Waals surface area contributed by atoms with Crippen LogP contribution in [0, 0.1) is 0 Å². The summed E-state index contributed by atoms with van der Waals surface area (Å²) in [6.07, 6.45) is 2.69. The molecule has 0 aromatic rings. The molecule has 0 spiro atoms. The molecule has 0 aromatic carbocycles. The van der Waals surface area contributed by atoms with Gasteiger partial charge in [-0.05, 0) is 13.8 Å². The number of hydrogen-bond donors (Lipinski definition) is 3. The lowest BCUT2D eigenvalue weighted by Crippen LogP contribution is -2.31. The molecule has 0 rings (SSSR count). The van der Waals surface area contributed by atoms with E-state index in [1.165, 1.54) is 0 Å². The lowest BCUT2D eigenvalue weighted by molar-refractivity contribution is -0.305. The summed E-state index contributed by atoms with van der Waals surface area (Å²) >= 11 is 0. The standard InChI is InChI=1S/C9H19NO4/c1-3-10(4-2)6-5-9(12,13)14-8-7-11/h5-6,11-13H,3-4,7-8H2,1-2H3. The Morgan fingerprint density at radius 1 is 1.29 bits per heavy atom. The van der Waals surface area contributed by atoms with Gasteiger partial charge in [-0.25, -0.2) is 0 Å².